The molecule has 2 saturated carbocycles. The fraction of sp³-hybridized carbons (Fsp3) is 0.688. The molecule has 2 fully saturated rings. The summed E-state index contributed by atoms with van der Waals surface area (Å²) in [4.78, 5) is 0. The minimum atomic E-state index is 0.756. The van der Waals surface area contributed by atoms with Gasteiger partial charge in [0, 0.05) is 5.56 Å². The van der Waals surface area contributed by atoms with Crippen molar-refractivity contribution in [3.63, 3.8) is 0 Å². The summed E-state index contributed by atoms with van der Waals surface area (Å²) in [6.07, 6.45) is 27.2. The van der Waals surface area contributed by atoms with Gasteiger partial charge in [-0.15, -0.1) is 0 Å². The van der Waals surface area contributed by atoms with Gasteiger partial charge in [0.25, 0.3) is 0 Å². The number of rotatable bonds is 10. The van der Waals surface area contributed by atoms with Crippen molar-refractivity contribution in [3.8, 4) is 11.8 Å². The van der Waals surface area contributed by atoms with E-state index < -0.39 is 0 Å². The standard InChI is InChI=1S/C32H48/c1-3-5-6-10-28-15-17-29(18-16-28)11-7-8-12-30-19-23-32(24-20-30)26-25-31-21-13-27(9-4-2)14-22-31/h8,12,15-18,27,30-32H,3-6,9-10,13-14,19-26H2,1-2H3/b12-8+. The van der Waals surface area contributed by atoms with Crippen LogP contribution < -0.4 is 0 Å². The van der Waals surface area contributed by atoms with Crippen LogP contribution >= 0.6 is 0 Å². The summed E-state index contributed by atoms with van der Waals surface area (Å²) in [7, 11) is 0. The van der Waals surface area contributed by atoms with Crippen molar-refractivity contribution in [1.82, 2.24) is 0 Å². The van der Waals surface area contributed by atoms with E-state index in [1.165, 1.54) is 108 Å². The quantitative estimate of drug-likeness (QED) is 0.255. The molecule has 0 aliphatic heterocycles. The highest BCUT2D eigenvalue weighted by Crippen LogP contribution is 2.37. The molecule has 2 aliphatic carbocycles. The van der Waals surface area contributed by atoms with E-state index in [0.717, 1.165) is 29.2 Å². The zero-order valence-corrected chi connectivity index (χ0v) is 21.1. The molecule has 0 aromatic heterocycles. The molecule has 176 valence electrons. The molecule has 0 heterocycles. The van der Waals surface area contributed by atoms with E-state index in [4.69, 9.17) is 0 Å². The van der Waals surface area contributed by atoms with Gasteiger partial charge in [-0.25, -0.2) is 0 Å². The molecule has 0 radical (unpaired) electrons. The maximum Gasteiger partial charge on any atom is 0.0249 e. The Morgan fingerprint density at radius 3 is 1.91 bits per heavy atom. The average molecular weight is 433 g/mol. The van der Waals surface area contributed by atoms with Crippen molar-refractivity contribution in [1.29, 1.82) is 0 Å². The Morgan fingerprint density at radius 1 is 0.719 bits per heavy atom. The molecule has 0 saturated heterocycles. The van der Waals surface area contributed by atoms with Crippen molar-refractivity contribution < 1.29 is 0 Å². The number of unbranched alkanes of at least 4 members (excludes halogenated alkanes) is 2. The van der Waals surface area contributed by atoms with E-state index >= 15 is 0 Å². The maximum absolute atomic E-state index is 3.32. The van der Waals surface area contributed by atoms with Gasteiger partial charge in [-0.3, -0.25) is 0 Å². The largest absolute Gasteiger partial charge is 0.0730 e. The lowest BCUT2D eigenvalue weighted by Crippen LogP contribution is -2.17. The first-order valence-corrected chi connectivity index (χ1v) is 14.0. The summed E-state index contributed by atoms with van der Waals surface area (Å²) >= 11 is 0. The van der Waals surface area contributed by atoms with Crippen molar-refractivity contribution in [2.24, 2.45) is 23.7 Å². The summed E-state index contributed by atoms with van der Waals surface area (Å²) in [6, 6.07) is 8.87. The van der Waals surface area contributed by atoms with Crippen molar-refractivity contribution in [3.05, 3.63) is 47.5 Å². The second-order valence-corrected chi connectivity index (χ2v) is 10.8. The Kier molecular flexibility index (Phi) is 11.5. The van der Waals surface area contributed by atoms with Gasteiger partial charge in [0.15, 0.2) is 0 Å². The molecule has 2 aliphatic rings. The molecule has 0 amide bonds. The van der Waals surface area contributed by atoms with E-state index in [1.807, 2.05) is 0 Å². The van der Waals surface area contributed by atoms with Gasteiger partial charge in [-0.1, -0.05) is 108 Å². The zero-order chi connectivity index (χ0) is 22.4. The van der Waals surface area contributed by atoms with Crippen molar-refractivity contribution in [2.45, 2.75) is 117 Å². The highest BCUT2D eigenvalue weighted by molar-refractivity contribution is 5.38. The molecular formula is C32H48. The molecule has 0 nitrogen and oxygen atoms in total. The second kappa shape index (κ2) is 14.6. The second-order valence-electron chi connectivity index (χ2n) is 10.8. The summed E-state index contributed by atoms with van der Waals surface area (Å²) < 4.78 is 0. The Balaban J connectivity index is 1.30. The lowest BCUT2D eigenvalue weighted by Gasteiger charge is -2.31. The van der Waals surface area contributed by atoms with E-state index in [1.54, 1.807) is 0 Å². The van der Waals surface area contributed by atoms with Crippen molar-refractivity contribution >= 4 is 0 Å². The minimum absolute atomic E-state index is 0.756. The van der Waals surface area contributed by atoms with E-state index in [0.29, 0.717) is 0 Å². The van der Waals surface area contributed by atoms with Gasteiger partial charge in [-0.05, 0) is 86.0 Å². The van der Waals surface area contributed by atoms with Crippen LogP contribution in [-0.2, 0) is 6.42 Å². The van der Waals surface area contributed by atoms with E-state index in [2.05, 4.69) is 62.1 Å². The molecule has 0 bridgehead atoms. The average Bonchev–Trinajstić information content (AvgIpc) is 2.83. The molecule has 1 aromatic rings. The van der Waals surface area contributed by atoms with Gasteiger partial charge in [0.2, 0.25) is 0 Å². The van der Waals surface area contributed by atoms with Crippen LogP contribution in [0.4, 0.5) is 0 Å². The molecule has 3 rings (SSSR count). The third-order valence-electron chi connectivity index (χ3n) is 8.23. The SMILES string of the molecule is CCCCCc1ccc(C#C/C=C/C2CCC(CCC3CCC(CCC)CC3)CC2)cc1. The molecule has 0 atom stereocenters. The molecule has 0 heteroatoms. The smallest absolute Gasteiger partial charge is 0.0249 e. The highest BCUT2D eigenvalue weighted by atomic mass is 14.3. The molecule has 0 spiro atoms. The fourth-order valence-corrected chi connectivity index (χ4v) is 6.00. The van der Waals surface area contributed by atoms with Gasteiger partial charge in [-0.2, -0.15) is 0 Å². The lowest BCUT2D eigenvalue weighted by molar-refractivity contribution is 0.221. The Hall–Kier alpha value is -1.48. The van der Waals surface area contributed by atoms with E-state index in [9.17, 15) is 0 Å². The van der Waals surface area contributed by atoms with Crippen LogP contribution in [0.3, 0.4) is 0 Å². The number of hydrogen-bond donors (Lipinski definition) is 0. The number of allylic oxidation sites excluding steroid dienone is 2. The van der Waals surface area contributed by atoms with Crippen LogP contribution in [0, 0.1) is 35.5 Å². The predicted octanol–water partition coefficient (Wildman–Crippen LogP) is 9.52. The topological polar surface area (TPSA) is 0 Å². The van der Waals surface area contributed by atoms with Crippen LogP contribution in [0.2, 0.25) is 0 Å². The van der Waals surface area contributed by atoms with Crippen LogP contribution in [0.5, 0.6) is 0 Å². The number of benzene rings is 1. The monoisotopic (exact) mass is 432 g/mol. The molecule has 0 unspecified atom stereocenters. The van der Waals surface area contributed by atoms with Gasteiger partial charge in [0.05, 0.1) is 0 Å². The Bertz CT molecular complexity index is 697. The first-order valence-electron chi connectivity index (χ1n) is 14.0. The first-order chi connectivity index (χ1) is 15.8. The van der Waals surface area contributed by atoms with Gasteiger partial charge >= 0.3 is 0 Å². The predicted molar refractivity (Wildman–Crippen MR) is 141 cm³/mol. The number of hydrogen-bond acceptors (Lipinski definition) is 0. The molecule has 0 N–H and O–H groups in total. The Labute approximate surface area is 199 Å². The lowest BCUT2D eigenvalue weighted by atomic mass is 9.75. The van der Waals surface area contributed by atoms with Crippen LogP contribution in [-0.4, -0.2) is 0 Å². The third-order valence-corrected chi connectivity index (χ3v) is 8.23. The normalized spacial score (nSPS) is 26.1. The summed E-state index contributed by atoms with van der Waals surface area (Å²) in [6.45, 7) is 4.61. The molecular weight excluding hydrogens is 384 g/mol. The van der Waals surface area contributed by atoms with Crippen LogP contribution in [0.25, 0.3) is 0 Å². The summed E-state index contributed by atoms with van der Waals surface area (Å²) in [5.41, 5.74) is 2.59. The fourth-order valence-electron chi connectivity index (χ4n) is 6.00. The molecule has 1 aromatic carbocycles. The minimum Gasteiger partial charge on any atom is -0.0730 e. The highest BCUT2D eigenvalue weighted by Gasteiger charge is 2.23. The zero-order valence-electron chi connectivity index (χ0n) is 21.1. The van der Waals surface area contributed by atoms with Crippen molar-refractivity contribution in [2.75, 3.05) is 0 Å². The van der Waals surface area contributed by atoms with Crippen LogP contribution in [0.15, 0.2) is 36.4 Å². The van der Waals surface area contributed by atoms with Gasteiger partial charge in [0.1, 0.15) is 0 Å². The first kappa shape index (κ1) is 25.1. The third kappa shape index (κ3) is 9.17. The summed E-state index contributed by atoms with van der Waals surface area (Å²) in [5, 5.41) is 0. The maximum atomic E-state index is 3.32. The number of aryl methyl sites for hydroxylation is 1. The summed E-state index contributed by atoms with van der Waals surface area (Å²) in [5.74, 6) is 10.4. The van der Waals surface area contributed by atoms with E-state index in [-0.39, 0.29) is 0 Å². The van der Waals surface area contributed by atoms with Gasteiger partial charge < -0.3 is 0 Å². The Morgan fingerprint density at radius 2 is 1.31 bits per heavy atom. The van der Waals surface area contributed by atoms with Crippen LogP contribution in [0.1, 0.15) is 121 Å². The molecule has 32 heavy (non-hydrogen) atoms.